The maximum Gasteiger partial charge on any atom is 0.325 e. The molecule has 0 aromatic rings. The molecule has 1 unspecified atom stereocenters. The number of nitrogens with one attached hydrogen (secondary N) is 1. The number of carbonyl (C=O) groups is 2. The summed E-state index contributed by atoms with van der Waals surface area (Å²) in [7, 11) is 0. The van der Waals surface area contributed by atoms with Crippen molar-refractivity contribution in [3.05, 3.63) is 11.6 Å². The van der Waals surface area contributed by atoms with E-state index in [1.807, 2.05) is 6.92 Å². The molecule has 92 valence electrons. The smallest absolute Gasteiger partial charge is 0.325 e. The Hall–Kier alpha value is -1.98. The maximum absolute atomic E-state index is 10.9. The summed E-state index contributed by atoms with van der Waals surface area (Å²) >= 11 is 0. The van der Waals surface area contributed by atoms with Crippen molar-refractivity contribution in [1.29, 1.82) is 5.41 Å². The lowest BCUT2D eigenvalue weighted by atomic mass is 9.87. The Morgan fingerprint density at radius 3 is 2.82 bits per heavy atom. The average Bonchev–Trinajstić information content (AvgIpc) is 2.25. The van der Waals surface area contributed by atoms with Crippen molar-refractivity contribution >= 4 is 23.3 Å². The summed E-state index contributed by atoms with van der Waals surface area (Å²) in [4.78, 5) is 25.3. The molecular weight excluding hydrogens is 222 g/mol. The van der Waals surface area contributed by atoms with Crippen LogP contribution in [0.3, 0.4) is 0 Å². The third kappa shape index (κ3) is 3.51. The predicted molar refractivity (Wildman–Crippen MR) is 63.3 cm³/mol. The van der Waals surface area contributed by atoms with Gasteiger partial charge in [-0.05, 0) is 18.8 Å². The number of nitrogens with zero attached hydrogens (tertiary/aromatic N) is 1. The number of carboxylic acids is 1. The van der Waals surface area contributed by atoms with E-state index in [9.17, 15) is 9.59 Å². The third-order valence-corrected chi connectivity index (χ3v) is 2.50. The topological polar surface area (TPSA) is 117 Å². The summed E-state index contributed by atoms with van der Waals surface area (Å²) in [6.45, 7) is 1.64. The Bertz CT molecular complexity index is 424. The molecule has 17 heavy (non-hydrogen) atoms. The van der Waals surface area contributed by atoms with Gasteiger partial charge in [0.1, 0.15) is 12.3 Å². The molecule has 0 saturated carbocycles. The van der Waals surface area contributed by atoms with Crippen LogP contribution >= 0.6 is 0 Å². The number of amides is 1. The Morgan fingerprint density at radius 2 is 2.29 bits per heavy atom. The molecule has 0 aromatic heterocycles. The summed E-state index contributed by atoms with van der Waals surface area (Å²) in [6.07, 6.45) is 3.02. The van der Waals surface area contributed by atoms with Crippen LogP contribution in [0.15, 0.2) is 16.6 Å². The fourth-order valence-electron chi connectivity index (χ4n) is 1.65. The van der Waals surface area contributed by atoms with Gasteiger partial charge in [-0.25, -0.2) is 0 Å². The standard InChI is InChI=1S/C11H15N3O3/c1-6-2-3-7(10(12)11(13)17)8(4-6)14-5-9(15)16/h3,6,12H,2,4-5H2,1H3,(H2,13,17)(H,15,16). The molecule has 1 rings (SSSR count). The van der Waals surface area contributed by atoms with Gasteiger partial charge in [0.05, 0.1) is 0 Å². The van der Waals surface area contributed by atoms with E-state index in [0.29, 0.717) is 23.6 Å². The van der Waals surface area contributed by atoms with Crippen molar-refractivity contribution < 1.29 is 14.7 Å². The number of aliphatic imine (C=N–C) groups is 1. The van der Waals surface area contributed by atoms with Gasteiger partial charge in [-0.15, -0.1) is 0 Å². The van der Waals surface area contributed by atoms with Crippen LogP contribution in [0.2, 0.25) is 0 Å². The minimum Gasteiger partial charge on any atom is -0.480 e. The highest BCUT2D eigenvalue weighted by Crippen LogP contribution is 2.22. The van der Waals surface area contributed by atoms with E-state index in [1.165, 1.54) is 0 Å². The fraction of sp³-hybridized carbons (Fsp3) is 0.455. The van der Waals surface area contributed by atoms with E-state index in [1.54, 1.807) is 6.08 Å². The number of nitrogens with two attached hydrogens (primary N) is 1. The average molecular weight is 237 g/mol. The molecule has 0 bridgehead atoms. The molecule has 0 aromatic carbocycles. The van der Waals surface area contributed by atoms with Gasteiger partial charge in [0.25, 0.3) is 5.91 Å². The zero-order chi connectivity index (χ0) is 13.0. The van der Waals surface area contributed by atoms with Gasteiger partial charge in [0.2, 0.25) is 0 Å². The fourth-order valence-corrected chi connectivity index (χ4v) is 1.65. The molecule has 1 aliphatic carbocycles. The normalized spacial score (nSPS) is 22.1. The quantitative estimate of drug-likeness (QED) is 0.613. The largest absolute Gasteiger partial charge is 0.480 e. The SMILES string of the molecule is CC1CC=C(C(=N)C(N)=O)C(=NCC(=O)O)C1. The summed E-state index contributed by atoms with van der Waals surface area (Å²) in [5.74, 6) is -1.54. The highest BCUT2D eigenvalue weighted by atomic mass is 16.4. The molecule has 0 spiro atoms. The molecule has 0 radical (unpaired) electrons. The number of aliphatic carboxylic acids is 1. The lowest BCUT2D eigenvalue weighted by molar-refractivity contribution is -0.135. The van der Waals surface area contributed by atoms with Gasteiger partial charge in [-0.1, -0.05) is 13.0 Å². The zero-order valence-electron chi connectivity index (χ0n) is 9.56. The van der Waals surface area contributed by atoms with Crippen molar-refractivity contribution in [2.45, 2.75) is 19.8 Å². The van der Waals surface area contributed by atoms with Gasteiger partial charge < -0.3 is 10.8 Å². The van der Waals surface area contributed by atoms with E-state index in [0.717, 1.165) is 6.42 Å². The number of allylic oxidation sites excluding steroid dienone is 1. The Labute approximate surface area is 98.7 Å². The first-order valence-electron chi connectivity index (χ1n) is 5.26. The first-order chi connectivity index (χ1) is 7.91. The summed E-state index contributed by atoms with van der Waals surface area (Å²) in [6, 6.07) is 0. The second-order valence-electron chi connectivity index (χ2n) is 4.06. The predicted octanol–water partition coefficient (Wildman–Crippen LogP) is 0.373. The third-order valence-electron chi connectivity index (χ3n) is 2.50. The van der Waals surface area contributed by atoms with Crippen LogP contribution in [0.4, 0.5) is 0 Å². The second-order valence-corrected chi connectivity index (χ2v) is 4.06. The number of carbonyl (C=O) groups excluding carboxylic acids is 1. The molecule has 0 saturated heterocycles. The minimum absolute atomic E-state index is 0.305. The molecule has 0 fully saturated rings. The van der Waals surface area contributed by atoms with Crippen molar-refractivity contribution in [1.82, 2.24) is 0 Å². The van der Waals surface area contributed by atoms with Crippen LogP contribution in [0, 0.1) is 11.3 Å². The minimum atomic E-state index is -1.04. The van der Waals surface area contributed by atoms with Gasteiger partial charge >= 0.3 is 5.97 Å². The lowest BCUT2D eigenvalue weighted by Crippen LogP contribution is -2.30. The number of carboxylic acid groups (broad SMARTS) is 1. The van der Waals surface area contributed by atoms with Crippen molar-refractivity contribution in [2.75, 3.05) is 6.54 Å². The maximum atomic E-state index is 10.9. The Balaban J connectivity index is 2.98. The van der Waals surface area contributed by atoms with Crippen molar-refractivity contribution in [3.63, 3.8) is 0 Å². The molecule has 1 atom stereocenters. The number of rotatable bonds is 4. The van der Waals surface area contributed by atoms with Crippen molar-refractivity contribution in [3.8, 4) is 0 Å². The first kappa shape index (κ1) is 13.1. The lowest BCUT2D eigenvalue weighted by Gasteiger charge is -2.20. The summed E-state index contributed by atoms with van der Waals surface area (Å²) in [5.41, 5.74) is 5.59. The van der Waals surface area contributed by atoms with E-state index >= 15 is 0 Å². The van der Waals surface area contributed by atoms with Crippen LogP contribution in [0.1, 0.15) is 19.8 Å². The highest BCUT2D eigenvalue weighted by molar-refractivity contribution is 6.50. The van der Waals surface area contributed by atoms with E-state index in [2.05, 4.69) is 4.99 Å². The van der Waals surface area contributed by atoms with Crippen LogP contribution in [-0.2, 0) is 9.59 Å². The molecule has 6 heteroatoms. The Morgan fingerprint density at radius 1 is 1.65 bits per heavy atom. The van der Waals surface area contributed by atoms with E-state index < -0.39 is 11.9 Å². The molecule has 0 heterocycles. The molecular formula is C11H15N3O3. The number of hydrogen-bond donors (Lipinski definition) is 3. The monoisotopic (exact) mass is 237 g/mol. The molecule has 0 aliphatic heterocycles. The van der Waals surface area contributed by atoms with Crippen LogP contribution in [-0.4, -0.2) is 35.0 Å². The molecule has 1 aliphatic rings. The number of hydrogen-bond acceptors (Lipinski definition) is 4. The highest BCUT2D eigenvalue weighted by Gasteiger charge is 2.22. The van der Waals surface area contributed by atoms with Gasteiger partial charge in [-0.3, -0.25) is 20.0 Å². The first-order valence-corrected chi connectivity index (χ1v) is 5.26. The Kier molecular flexibility index (Phi) is 4.14. The van der Waals surface area contributed by atoms with Gasteiger partial charge in [0.15, 0.2) is 0 Å². The van der Waals surface area contributed by atoms with E-state index in [-0.39, 0.29) is 12.3 Å². The van der Waals surface area contributed by atoms with Crippen LogP contribution in [0.5, 0.6) is 0 Å². The van der Waals surface area contributed by atoms with Crippen molar-refractivity contribution in [2.24, 2.45) is 16.6 Å². The summed E-state index contributed by atoms with van der Waals surface area (Å²) in [5, 5.41) is 16.1. The van der Waals surface area contributed by atoms with Gasteiger partial charge in [-0.2, -0.15) is 0 Å². The van der Waals surface area contributed by atoms with Crippen LogP contribution < -0.4 is 5.73 Å². The molecule has 4 N–H and O–H groups in total. The van der Waals surface area contributed by atoms with Crippen LogP contribution in [0.25, 0.3) is 0 Å². The zero-order valence-corrected chi connectivity index (χ0v) is 9.56. The summed E-state index contributed by atoms with van der Waals surface area (Å²) < 4.78 is 0. The van der Waals surface area contributed by atoms with Gasteiger partial charge in [0, 0.05) is 11.3 Å². The molecule has 6 nitrogen and oxygen atoms in total. The number of primary amides is 1. The molecule has 1 amide bonds. The van der Waals surface area contributed by atoms with E-state index in [4.69, 9.17) is 16.2 Å². The second kappa shape index (κ2) is 5.38.